The van der Waals surface area contributed by atoms with E-state index in [1.54, 1.807) is 73.7 Å². The molecule has 0 atom stereocenters. The van der Waals surface area contributed by atoms with Crippen LogP contribution in [0.1, 0.15) is 36.8 Å². The molecular formula is C84H110Cl3N20O7P3. The molecule has 6 aliphatic rings. The maximum Gasteiger partial charge on any atom is 0.229 e. The van der Waals surface area contributed by atoms with Crippen molar-refractivity contribution in [2.75, 3.05) is 233 Å². The van der Waals surface area contributed by atoms with Gasteiger partial charge in [-0.05, 0) is 165 Å². The van der Waals surface area contributed by atoms with Gasteiger partial charge in [-0.1, -0.05) is 59.1 Å². The maximum absolute atomic E-state index is 12.8. The zero-order chi connectivity index (χ0) is 82.7. The number of fused-ring (bicyclic) bond motifs is 1. The van der Waals surface area contributed by atoms with Crippen LogP contribution in [0.25, 0.3) is 0 Å². The van der Waals surface area contributed by atoms with Crippen LogP contribution < -0.4 is 86.8 Å². The second-order valence-corrected chi connectivity index (χ2v) is 42.3. The van der Waals surface area contributed by atoms with Gasteiger partial charge in [-0.3, -0.25) is 9.80 Å². The molecule has 0 radical (unpaired) electrons. The first kappa shape index (κ1) is 86.2. The van der Waals surface area contributed by atoms with Crippen LogP contribution in [0.15, 0.2) is 128 Å². The number of anilines is 15. The average molecular weight is 1710 g/mol. The molecule has 33 heteroatoms. The molecule has 27 nitrogen and oxygen atoms in total. The smallest absolute Gasteiger partial charge is 0.229 e. The molecular weight excluding hydrogens is 1600 g/mol. The summed E-state index contributed by atoms with van der Waals surface area (Å²) in [6.07, 6.45) is 10.3. The minimum absolute atomic E-state index is 0.355. The van der Waals surface area contributed by atoms with Gasteiger partial charge in [-0.2, -0.15) is 15.0 Å². The Morgan fingerprint density at radius 3 is 1.26 bits per heavy atom. The summed E-state index contributed by atoms with van der Waals surface area (Å²) in [5, 5.41) is 26.3. The van der Waals surface area contributed by atoms with Crippen LogP contribution in [0.3, 0.4) is 0 Å². The number of nitrogens with zero attached hydrogens (tertiary/aromatic N) is 13. The Hall–Kier alpha value is -8.68. The van der Waals surface area contributed by atoms with E-state index in [0.717, 1.165) is 133 Å². The van der Waals surface area contributed by atoms with E-state index in [1.165, 1.54) is 82.4 Å². The molecule has 0 amide bonds. The normalized spacial score (nSPS) is 16.8. The Kier molecular flexibility index (Phi) is 28.4. The lowest BCUT2D eigenvalue weighted by Gasteiger charge is -2.43. The summed E-state index contributed by atoms with van der Waals surface area (Å²) in [4.78, 5) is 44.4. The average Bonchev–Trinajstić information content (AvgIpc) is 1.65. The van der Waals surface area contributed by atoms with Crippen molar-refractivity contribution < 1.29 is 32.6 Å². The molecule has 6 aromatic carbocycles. The molecule has 0 bridgehead atoms. The van der Waals surface area contributed by atoms with Crippen molar-refractivity contribution in [1.82, 2.24) is 54.8 Å². The van der Waals surface area contributed by atoms with E-state index in [-0.39, 0.29) is 0 Å². The highest BCUT2D eigenvalue weighted by Gasteiger charge is 2.33. The second kappa shape index (κ2) is 38.6. The Labute approximate surface area is 703 Å². The van der Waals surface area contributed by atoms with Crippen LogP contribution in [-0.2, 0) is 20.1 Å². The zero-order valence-corrected chi connectivity index (χ0v) is 73.9. The van der Waals surface area contributed by atoms with Gasteiger partial charge in [0.2, 0.25) is 17.8 Å². The van der Waals surface area contributed by atoms with E-state index in [9.17, 15) is 13.7 Å². The Morgan fingerprint density at radius 2 is 0.829 bits per heavy atom. The van der Waals surface area contributed by atoms with Crippen LogP contribution in [-0.4, -0.2) is 248 Å². The standard InChI is InChI=1S/C31H43ClN7O3P.C30H39ClN7O2P.C23H28ClN6O2P/c1-21-17-26(28(42-4)19-29(21)43(5,6)40)34-30-24(32)20-33-31(36-30)35-25-8-7-23(18-27(25)41-3)38-11-9-22(10-12-38)39-15-13-37(2)14-16-39;1-36-15-17-37(18-16-36)21-10-13-38(14-11-21)26-9-8-25(28-22(26)12-19-40-28)34-30-32-20-23(31)29(35-30)33-24-6-4-5-7-27(24)41(2,3)39;1-32-20-14-16(30-12-10-25-11-13-30)8-9-18(20)28-23-26-15-17(24)22(29-23)27-19-6-4-5-7-21(19)33(2,3)31/h7-8,17-20,22H,9-16H2,1-6H3,(H2,33,34,35,36);4-9,20-21H,10-19H2,1-3H3,(H2,32,33,34,35);4-9,14-15,25H,10-13H2,1-3H3,(H2,26,27,28,29). The summed E-state index contributed by atoms with van der Waals surface area (Å²) in [6.45, 7) is 30.4. The molecule has 3 aromatic heterocycles. The SMILES string of the molecule is CN1CCN(C2CCN(c3ccc(Nc4ncc(Cl)c(Nc5ccccc5P(C)(C)=O)n4)c4c3CCO4)CC2)CC1.COc1cc(N2CCC(N3CCN(C)CC3)CC2)ccc1Nc1ncc(Cl)c(Nc2cc(C)c(P(C)(C)=O)cc2OC)n1.COc1cc(N2CCNCC2)ccc1Nc1ncc(Cl)c(Nc2ccccc2P(C)(C)=O)n1. The lowest BCUT2D eigenvalue weighted by molar-refractivity contribution is 0.0982. The van der Waals surface area contributed by atoms with Gasteiger partial charge in [0.25, 0.3) is 0 Å². The van der Waals surface area contributed by atoms with Gasteiger partial charge in [0, 0.05) is 174 Å². The molecule has 0 spiro atoms. The Bertz CT molecular complexity index is 5100. The number of benzene rings is 6. The topological polar surface area (TPSA) is 272 Å². The highest BCUT2D eigenvalue weighted by molar-refractivity contribution is 7.71. The van der Waals surface area contributed by atoms with Gasteiger partial charge < -0.3 is 94.4 Å². The van der Waals surface area contributed by atoms with Gasteiger partial charge in [0.05, 0.1) is 80.7 Å². The maximum atomic E-state index is 12.8. The number of hydrogen-bond donors (Lipinski definition) is 7. The third-order valence-electron chi connectivity index (χ3n) is 22.2. The Morgan fingerprint density at radius 1 is 0.436 bits per heavy atom. The number of halogens is 3. The summed E-state index contributed by atoms with van der Waals surface area (Å²) in [6, 6.07) is 36.5. The molecule has 15 rings (SSSR count). The lowest BCUT2D eigenvalue weighted by atomic mass is 9.99. The van der Waals surface area contributed by atoms with Crippen molar-refractivity contribution in [3.8, 4) is 23.0 Å². The van der Waals surface area contributed by atoms with Crippen molar-refractivity contribution in [1.29, 1.82) is 0 Å². The van der Waals surface area contributed by atoms with E-state index in [4.69, 9.17) is 53.8 Å². The number of aromatic nitrogens is 6. The Balaban J connectivity index is 0.000000154. The van der Waals surface area contributed by atoms with Gasteiger partial charge in [0.15, 0.2) is 17.5 Å². The molecule has 0 saturated carbocycles. The number of nitrogens with one attached hydrogen (secondary N) is 7. The van der Waals surface area contributed by atoms with Crippen molar-refractivity contribution in [2.45, 2.75) is 51.1 Å². The number of ether oxygens (including phenoxy) is 4. The number of piperidine rings is 2. The molecule has 9 heterocycles. The van der Waals surface area contributed by atoms with Gasteiger partial charge >= 0.3 is 0 Å². The zero-order valence-electron chi connectivity index (χ0n) is 69.0. The van der Waals surface area contributed by atoms with E-state index in [1.807, 2.05) is 85.8 Å². The number of hydrogen-bond acceptors (Lipinski definition) is 27. The summed E-state index contributed by atoms with van der Waals surface area (Å²) < 4.78 is 61.4. The van der Waals surface area contributed by atoms with E-state index < -0.39 is 21.4 Å². The molecule has 624 valence electrons. The summed E-state index contributed by atoms with van der Waals surface area (Å²) in [7, 11) is 1.85. The fourth-order valence-corrected chi connectivity index (χ4v) is 19.9. The summed E-state index contributed by atoms with van der Waals surface area (Å²) >= 11 is 19.3. The van der Waals surface area contributed by atoms with Gasteiger partial charge in [-0.15, -0.1) is 0 Å². The third-order valence-corrected chi connectivity index (χ3v) is 27.8. The number of likely N-dealkylation sites (N-methyl/N-ethyl adjacent to an activating group) is 2. The monoisotopic (exact) mass is 1710 g/mol. The second-order valence-electron chi connectivity index (χ2n) is 31.5. The van der Waals surface area contributed by atoms with Crippen LogP contribution >= 0.6 is 56.2 Å². The number of rotatable bonds is 23. The fraction of sp³-hybridized carbons (Fsp3) is 0.429. The highest BCUT2D eigenvalue weighted by Crippen LogP contribution is 2.46. The number of aryl methyl sites for hydroxylation is 1. The van der Waals surface area contributed by atoms with Crippen LogP contribution in [0, 0.1) is 6.92 Å². The number of methoxy groups -OCH3 is 3. The fourth-order valence-electron chi connectivity index (χ4n) is 15.8. The first-order chi connectivity index (χ1) is 56.2. The van der Waals surface area contributed by atoms with Gasteiger partial charge in [0.1, 0.15) is 59.5 Å². The highest BCUT2D eigenvalue weighted by atomic mass is 35.5. The van der Waals surface area contributed by atoms with E-state index >= 15 is 0 Å². The summed E-state index contributed by atoms with van der Waals surface area (Å²) in [5.41, 5.74) is 10.1. The predicted molar refractivity (Wildman–Crippen MR) is 484 cm³/mol. The minimum atomic E-state index is -2.50. The third kappa shape index (κ3) is 21.9. The molecule has 6 aliphatic heterocycles. The van der Waals surface area contributed by atoms with Crippen molar-refractivity contribution >= 4 is 159 Å². The summed E-state index contributed by atoms with van der Waals surface area (Å²) in [5.74, 6) is 5.26. The van der Waals surface area contributed by atoms with Gasteiger partial charge in [-0.25, -0.2) is 15.0 Å². The first-order valence-electron chi connectivity index (χ1n) is 39.9. The van der Waals surface area contributed by atoms with E-state index in [2.05, 4.69) is 146 Å². The van der Waals surface area contributed by atoms with Crippen molar-refractivity contribution in [3.63, 3.8) is 0 Å². The van der Waals surface area contributed by atoms with Crippen molar-refractivity contribution in [2.24, 2.45) is 0 Å². The van der Waals surface area contributed by atoms with E-state index in [0.29, 0.717) is 97.7 Å². The minimum Gasteiger partial charge on any atom is -0.495 e. The first-order valence-corrected chi connectivity index (χ1v) is 48.8. The molecule has 7 N–H and O–H groups in total. The molecule has 5 saturated heterocycles. The number of para-hydroxylation sites is 2. The molecule has 5 fully saturated rings. The molecule has 117 heavy (non-hydrogen) atoms. The predicted octanol–water partition coefficient (Wildman–Crippen LogP) is 14.7. The van der Waals surface area contributed by atoms with Crippen molar-refractivity contribution in [3.05, 3.63) is 154 Å². The lowest BCUT2D eigenvalue weighted by Crippen LogP contribution is -2.52. The van der Waals surface area contributed by atoms with Crippen LogP contribution in [0.4, 0.5) is 86.5 Å². The quantitative estimate of drug-likeness (QED) is 0.0293. The number of piperazine rings is 3. The molecule has 0 unspecified atom stereocenters. The molecule has 9 aromatic rings. The largest absolute Gasteiger partial charge is 0.495 e. The van der Waals surface area contributed by atoms with Crippen LogP contribution in [0.2, 0.25) is 15.1 Å². The van der Waals surface area contributed by atoms with Crippen LogP contribution in [0.5, 0.6) is 23.0 Å². The molecule has 0 aliphatic carbocycles.